The molecule has 84 valence electrons. The summed E-state index contributed by atoms with van der Waals surface area (Å²) in [6.45, 7) is 0. The van der Waals surface area contributed by atoms with Gasteiger partial charge >= 0.3 is 12.1 Å². The fourth-order valence-electron chi connectivity index (χ4n) is 1.94. The Morgan fingerprint density at radius 2 is 1.67 bits per heavy atom. The molecule has 1 amide bonds. The summed E-state index contributed by atoms with van der Waals surface area (Å²) < 4.78 is 4.69. The van der Waals surface area contributed by atoms with E-state index in [-0.39, 0.29) is 17.9 Å². The van der Waals surface area contributed by atoms with Crippen LogP contribution in [0.1, 0.15) is 44.9 Å². The van der Waals surface area contributed by atoms with Crippen LogP contribution < -0.4 is 5.32 Å². The summed E-state index contributed by atoms with van der Waals surface area (Å²) >= 11 is 0. The van der Waals surface area contributed by atoms with Crippen molar-refractivity contribution >= 4 is 12.1 Å². The first kappa shape index (κ1) is 10.5. The largest absolute Gasteiger partial charge is 0.415 e. The number of alkyl carbamates (subject to hydrolysis) is 1. The maximum absolute atomic E-state index is 11.3. The van der Waals surface area contributed by atoms with Crippen molar-refractivity contribution in [1.82, 2.24) is 5.32 Å². The van der Waals surface area contributed by atoms with Gasteiger partial charge in [0.05, 0.1) is 5.92 Å². The quantitative estimate of drug-likeness (QED) is 0.561. The molecule has 2 aliphatic carbocycles. The third-order valence-electron chi connectivity index (χ3n) is 3.03. The molecule has 0 unspecified atom stereocenters. The molecule has 2 aliphatic rings. The first-order valence-electron chi connectivity index (χ1n) is 5.78. The lowest BCUT2D eigenvalue weighted by molar-refractivity contribution is -0.138. The van der Waals surface area contributed by atoms with E-state index in [1.165, 1.54) is 6.42 Å². The number of amides is 1. The molecule has 15 heavy (non-hydrogen) atoms. The van der Waals surface area contributed by atoms with Crippen LogP contribution in [0.3, 0.4) is 0 Å². The molecule has 2 rings (SSSR count). The van der Waals surface area contributed by atoms with Crippen LogP contribution in [0.25, 0.3) is 0 Å². The van der Waals surface area contributed by atoms with Crippen LogP contribution in [0.5, 0.6) is 0 Å². The molecule has 1 N–H and O–H groups in total. The average Bonchev–Trinajstić information content (AvgIpc) is 3.01. The van der Waals surface area contributed by atoms with E-state index in [4.69, 9.17) is 0 Å². The number of rotatable bonds is 2. The average molecular weight is 211 g/mol. The zero-order valence-corrected chi connectivity index (χ0v) is 8.83. The van der Waals surface area contributed by atoms with Gasteiger partial charge in [0, 0.05) is 6.04 Å². The molecule has 0 bridgehead atoms. The van der Waals surface area contributed by atoms with Crippen LogP contribution in [0.2, 0.25) is 0 Å². The molecule has 0 aliphatic heterocycles. The zero-order chi connectivity index (χ0) is 10.7. The normalized spacial score (nSPS) is 22.1. The SMILES string of the molecule is O=C(NC1CCCCC1)OC(=O)C1CC1. The first-order chi connectivity index (χ1) is 7.25. The van der Waals surface area contributed by atoms with E-state index < -0.39 is 6.09 Å². The van der Waals surface area contributed by atoms with Crippen molar-refractivity contribution in [2.45, 2.75) is 51.0 Å². The highest BCUT2D eigenvalue weighted by Gasteiger charge is 2.33. The van der Waals surface area contributed by atoms with E-state index in [9.17, 15) is 9.59 Å². The summed E-state index contributed by atoms with van der Waals surface area (Å²) in [5, 5.41) is 2.75. The highest BCUT2D eigenvalue weighted by atomic mass is 16.6. The molecule has 0 spiro atoms. The molecule has 0 saturated heterocycles. The second kappa shape index (κ2) is 4.64. The van der Waals surface area contributed by atoms with Crippen molar-refractivity contribution in [3.05, 3.63) is 0 Å². The van der Waals surface area contributed by atoms with E-state index in [0.29, 0.717) is 0 Å². The molecule has 0 aromatic heterocycles. The number of carbonyl (C=O) groups is 2. The maximum atomic E-state index is 11.3. The van der Waals surface area contributed by atoms with Gasteiger partial charge in [0.2, 0.25) is 0 Å². The van der Waals surface area contributed by atoms with Crippen LogP contribution in [0, 0.1) is 5.92 Å². The summed E-state index contributed by atoms with van der Waals surface area (Å²) in [6, 6.07) is 0.207. The van der Waals surface area contributed by atoms with Gasteiger partial charge in [-0.05, 0) is 25.7 Å². The summed E-state index contributed by atoms with van der Waals surface area (Å²) in [7, 11) is 0. The van der Waals surface area contributed by atoms with E-state index in [1.54, 1.807) is 0 Å². The highest BCUT2D eigenvalue weighted by Crippen LogP contribution is 2.30. The molecule has 0 aromatic rings. The molecule has 2 saturated carbocycles. The summed E-state index contributed by atoms with van der Waals surface area (Å²) in [6.07, 6.45) is 6.75. The zero-order valence-electron chi connectivity index (χ0n) is 8.83. The van der Waals surface area contributed by atoms with Crippen molar-refractivity contribution in [2.24, 2.45) is 5.92 Å². The Morgan fingerprint density at radius 1 is 1.00 bits per heavy atom. The summed E-state index contributed by atoms with van der Waals surface area (Å²) in [5.74, 6) is -0.370. The van der Waals surface area contributed by atoms with Gasteiger partial charge < -0.3 is 10.1 Å². The number of hydrogen-bond donors (Lipinski definition) is 1. The van der Waals surface area contributed by atoms with Gasteiger partial charge in [-0.2, -0.15) is 0 Å². The maximum Gasteiger partial charge on any atom is 0.415 e. The highest BCUT2D eigenvalue weighted by molar-refractivity contribution is 5.87. The molecule has 0 radical (unpaired) electrons. The van der Waals surface area contributed by atoms with Crippen molar-refractivity contribution < 1.29 is 14.3 Å². The molecular formula is C11H17NO3. The predicted octanol–water partition coefficient (Wildman–Crippen LogP) is 1.98. The lowest BCUT2D eigenvalue weighted by Gasteiger charge is -2.21. The molecular weight excluding hydrogens is 194 g/mol. The standard InChI is InChI=1S/C11H17NO3/c13-10(8-6-7-8)15-11(14)12-9-4-2-1-3-5-9/h8-9H,1-7H2,(H,12,14). The Kier molecular flexibility index (Phi) is 3.23. The topological polar surface area (TPSA) is 55.4 Å². The number of ether oxygens (including phenoxy) is 1. The molecule has 0 aromatic carbocycles. The van der Waals surface area contributed by atoms with Crippen LogP contribution in [0.4, 0.5) is 4.79 Å². The second-order valence-electron chi connectivity index (χ2n) is 4.46. The van der Waals surface area contributed by atoms with Gasteiger partial charge in [0.25, 0.3) is 0 Å². The summed E-state index contributed by atoms with van der Waals surface area (Å²) in [4.78, 5) is 22.5. The second-order valence-corrected chi connectivity index (χ2v) is 4.46. The Hall–Kier alpha value is -1.06. The van der Waals surface area contributed by atoms with Gasteiger partial charge in [-0.3, -0.25) is 4.79 Å². The third-order valence-corrected chi connectivity index (χ3v) is 3.03. The van der Waals surface area contributed by atoms with Crippen LogP contribution in [0.15, 0.2) is 0 Å². The molecule has 4 heteroatoms. The predicted molar refractivity (Wildman–Crippen MR) is 54.2 cm³/mol. The molecule has 0 atom stereocenters. The lowest BCUT2D eigenvalue weighted by Crippen LogP contribution is -2.37. The number of esters is 1. The van der Waals surface area contributed by atoms with Crippen LogP contribution in [-0.4, -0.2) is 18.1 Å². The smallest absolute Gasteiger partial charge is 0.376 e. The van der Waals surface area contributed by atoms with E-state index in [0.717, 1.165) is 38.5 Å². The van der Waals surface area contributed by atoms with Crippen molar-refractivity contribution in [1.29, 1.82) is 0 Å². The Balaban J connectivity index is 1.68. The van der Waals surface area contributed by atoms with E-state index >= 15 is 0 Å². The van der Waals surface area contributed by atoms with Gasteiger partial charge in [-0.15, -0.1) is 0 Å². The molecule has 4 nitrogen and oxygen atoms in total. The van der Waals surface area contributed by atoms with E-state index in [2.05, 4.69) is 10.1 Å². The first-order valence-corrected chi connectivity index (χ1v) is 5.78. The number of hydrogen-bond acceptors (Lipinski definition) is 3. The number of nitrogens with one attached hydrogen (secondary N) is 1. The van der Waals surface area contributed by atoms with Crippen molar-refractivity contribution in [2.75, 3.05) is 0 Å². The monoisotopic (exact) mass is 211 g/mol. The van der Waals surface area contributed by atoms with Crippen molar-refractivity contribution in [3.63, 3.8) is 0 Å². The van der Waals surface area contributed by atoms with Gasteiger partial charge in [0.1, 0.15) is 0 Å². The van der Waals surface area contributed by atoms with E-state index in [1.807, 2.05) is 0 Å². The minimum Gasteiger partial charge on any atom is -0.376 e. The van der Waals surface area contributed by atoms with Crippen LogP contribution >= 0.6 is 0 Å². The minimum atomic E-state index is -0.557. The molecule has 0 heterocycles. The van der Waals surface area contributed by atoms with Crippen LogP contribution in [-0.2, 0) is 9.53 Å². The Labute approximate surface area is 89.4 Å². The van der Waals surface area contributed by atoms with Gasteiger partial charge in [-0.25, -0.2) is 4.79 Å². The minimum absolute atomic E-state index is 0.0119. The third kappa shape index (κ3) is 3.22. The fourth-order valence-corrected chi connectivity index (χ4v) is 1.94. The number of carbonyl (C=O) groups excluding carboxylic acids is 2. The van der Waals surface area contributed by atoms with Crippen molar-refractivity contribution in [3.8, 4) is 0 Å². The Morgan fingerprint density at radius 3 is 2.27 bits per heavy atom. The molecule has 2 fully saturated rings. The lowest BCUT2D eigenvalue weighted by atomic mass is 9.96. The van der Waals surface area contributed by atoms with Gasteiger partial charge in [-0.1, -0.05) is 19.3 Å². The fraction of sp³-hybridized carbons (Fsp3) is 0.818. The summed E-state index contributed by atoms with van der Waals surface area (Å²) in [5.41, 5.74) is 0. The van der Waals surface area contributed by atoms with Gasteiger partial charge in [0.15, 0.2) is 0 Å². The Bertz CT molecular complexity index is 255.